The molecule has 1 aliphatic rings. The second kappa shape index (κ2) is 13.4. The Morgan fingerprint density at radius 2 is 1.63 bits per heavy atom. The zero-order valence-corrected chi connectivity index (χ0v) is 24.0. The number of aliphatic imine (C=N–C) groups is 1. The number of carboxylic acid groups (broad SMARTS) is 1. The van der Waals surface area contributed by atoms with Crippen LogP contribution in [0.3, 0.4) is 0 Å². The van der Waals surface area contributed by atoms with Crippen LogP contribution in [0, 0.1) is 0 Å². The molecular weight excluding hydrogens is 507 g/mol. The molecule has 0 aliphatic carbocycles. The van der Waals surface area contributed by atoms with Gasteiger partial charge >= 0.3 is 143 Å². The number of anilines is 1. The molecule has 1 amide bonds. The Labute approximate surface area is 243 Å². The van der Waals surface area contributed by atoms with Crippen molar-refractivity contribution in [1.29, 1.82) is 0 Å². The molecule has 0 spiro atoms. The zero-order chi connectivity index (χ0) is 26.9. The number of ether oxygens (including phenoxy) is 1. The van der Waals surface area contributed by atoms with Gasteiger partial charge in [-0.1, -0.05) is 54.6 Å². The van der Waals surface area contributed by atoms with E-state index in [4.69, 9.17) is 14.6 Å². The molecule has 5 rings (SSSR count). The van der Waals surface area contributed by atoms with E-state index in [1.165, 1.54) is 20.1 Å². The molecule has 4 aromatic rings. The van der Waals surface area contributed by atoms with E-state index in [-0.39, 0.29) is 5.91 Å². The van der Waals surface area contributed by atoms with Crippen molar-refractivity contribution < 1.29 is 19.4 Å². The number of hydrogen-bond donors (Lipinski definition) is 2. The van der Waals surface area contributed by atoms with Crippen LogP contribution in [-0.4, -0.2) is 56.7 Å². The summed E-state index contributed by atoms with van der Waals surface area (Å²) in [5, 5.41) is 13.5. The predicted molar refractivity (Wildman–Crippen MR) is 156 cm³/mol. The maximum atomic E-state index is 12.7. The molecule has 0 saturated carbocycles. The van der Waals surface area contributed by atoms with Crippen molar-refractivity contribution in [3.05, 3.63) is 107 Å². The number of nitrogens with zero attached hydrogens (tertiary/aromatic N) is 1. The summed E-state index contributed by atoms with van der Waals surface area (Å²) >= 11 is 2.36. The van der Waals surface area contributed by atoms with Crippen LogP contribution in [0.2, 0.25) is 0 Å². The van der Waals surface area contributed by atoms with Gasteiger partial charge in [-0.3, -0.25) is 4.79 Å². The van der Waals surface area contributed by atoms with Crippen molar-refractivity contribution in [2.24, 2.45) is 4.99 Å². The van der Waals surface area contributed by atoms with Gasteiger partial charge in [0.05, 0.1) is 6.61 Å². The van der Waals surface area contributed by atoms with Crippen molar-refractivity contribution in [2.75, 3.05) is 11.9 Å². The number of carbonyl (C=O) groups excluding carboxylic acids is 1. The smallest absolute Gasteiger partial charge is 0.0622 e. The van der Waals surface area contributed by atoms with Gasteiger partial charge in [-0.15, -0.1) is 0 Å². The van der Waals surface area contributed by atoms with E-state index in [0.717, 1.165) is 69.0 Å². The normalized spacial score (nSPS) is 13.6. The molecule has 0 unspecified atom stereocenters. The summed E-state index contributed by atoms with van der Waals surface area (Å²) in [6, 6.07) is 30.8. The summed E-state index contributed by atoms with van der Waals surface area (Å²) < 4.78 is 7.53. The Bertz CT molecular complexity index is 1500. The Kier molecular flexibility index (Phi) is 9.79. The van der Waals surface area contributed by atoms with Crippen molar-refractivity contribution in [3.63, 3.8) is 0 Å². The van der Waals surface area contributed by atoms with E-state index in [9.17, 15) is 4.79 Å². The van der Waals surface area contributed by atoms with E-state index in [1.807, 2.05) is 54.6 Å². The number of carboxylic acids is 1. The molecule has 38 heavy (non-hydrogen) atoms. The molecule has 186 valence electrons. The molecule has 0 aromatic heterocycles. The topological polar surface area (TPSA) is 88.0 Å². The van der Waals surface area contributed by atoms with Crippen LogP contribution in [0.4, 0.5) is 5.69 Å². The first-order valence-corrected chi connectivity index (χ1v) is 13.9. The summed E-state index contributed by atoms with van der Waals surface area (Å²) in [5.41, 5.74) is 3.03. The number of benzene rings is 4. The quantitative estimate of drug-likeness (QED) is 0.254. The maximum absolute atomic E-state index is 12.7. The molecule has 2 N–H and O–H groups in total. The van der Waals surface area contributed by atoms with E-state index in [0.29, 0.717) is 16.7 Å². The van der Waals surface area contributed by atoms with E-state index < -0.39 is 5.97 Å². The molecule has 1 heterocycles. The van der Waals surface area contributed by atoms with Gasteiger partial charge < -0.3 is 5.11 Å². The zero-order valence-electron chi connectivity index (χ0n) is 21.2. The molecule has 0 fully saturated rings. The molecular formula is C30H25N2NaO4S. The van der Waals surface area contributed by atoms with Gasteiger partial charge in [-0.05, 0) is 10.9 Å². The third kappa shape index (κ3) is 8.07. The minimum atomic E-state index is -0.833. The molecule has 0 atom stereocenters. The average molecular weight is 533 g/mol. The Morgan fingerprint density at radius 1 is 1.00 bits per heavy atom. The number of amides is 1. The van der Waals surface area contributed by atoms with E-state index >= 15 is 0 Å². The minimum absolute atomic E-state index is 0.240. The van der Waals surface area contributed by atoms with Crippen molar-refractivity contribution in [1.82, 2.24) is 0 Å². The first-order valence-electron chi connectivity index (χ1n) is 12.1. The molecule has 6 nitrogen and oxygen atoms in total. The van der Waals surface area contributed by atoms with Gasteiger partial charge in [0.15, 0.2) is 0 Å². The van der Waals surface area contributed by atoms with Crippen molar-refractivity contribution in [3.8, 4) is 5.75 Å². The number of amidine groups is 1. The number of carbonyl (C=O) groups is 2. The molecule has 0 radical (unpaired) electrons. The first kappa shape index (κ1) is 27.7. The van der Waals surface area contributed by atoms with Gasteiger partial charge in [-0.2, -0.15) is 0 Å². The summed E-state index contributed by atoms with van der Waals surface area (Å²) in [5.74, 6) is -0.310. The summed E-state index contributed by atoms with van der Waals surface area (Å²) in [4.78, 5) is 26.4. The van der Waals surface area contributed by atoms with Crippen LogP contribution in [0.1, 0.15) is 18.1 Å². The number of aliphatic carboxylic acids is 1. The molecule has 4 aromatic carbocycles. The number of rotatable bonds is 6. The van der Waals surface area contributed by atoms with Crippen molar-refractivity contribution in [2.45, 2.75) is 13.3 Å². The van der Waals surface area contributed by atoms with Gasteiger partial charge in [0.25, 0.3) is 5.97 Å². The second-order valence-corrected chi connectivity index (χ2v) is 10.8. The summed E-state index contributed by atoms with van der Waals surface area (Å²) in [6.45, 7) is 1.64. The third-order valence-corrected chi connectivity index (χ3v) is 7.14. The minimum Gasteiger partial charge on any atom is -0.0622 e. The average Bonchev–Trinajstić information content (AvgIpc) is 3.24. The van der Waals surface area contributed by atoms with Crippen LogP contribution >= 0.6 is 11.8 Å². The van der Waals surface area contributed by atoms with Gasteiger partial charge in [-0.25, -0.2) is 0 Å². The number of fused-ring (bicyclic) bond motifs is 1. The van der Waals surface area contributed by atoms with Gasteiger partial charge in [0.2, 0.25) is 0 Å². The van der Waals surface area contributed by atoms with Crippen LogP contribution < -0.4 is 12.9 Å². The molecule has 1 aliphatic heterocycles. The summed E-state index contributed by atoms with van der Waals surface area (Å²) in [7, 11) is 0. The van der Waals surface area contributed by atoms with Crippen LogP contribution in [-0.2, 0) is 16.0 Å². The monoisotopic (exact) mass is 532 g/mol. The first-order chi connectivity index (χ1) is 18.4. The van der Waals surface area contributed by atoms with Crippen LogP contribution in [0.15, 0.2) is 101 Å². The molecule has 0 bridgehead atoms. The molecule has 0 saturated heterocycles. The fourth-order valence-corrected chi connectivity index (χ4v) is 4.92. The number of nitrogens with one attached hydrogen (secondary N) is 1. The Morgan fingerprint density at radius 3 is 2.32 bits per heavy atom. The van der Waals surface area contributed by atoms with Gasteiger partial charge in [0, 0.05) is 13.3 Å². The number of thioether (sulfide) groups is 1. The summed E-state index contributed by atoms with van der Waals surface area (Å²) in [6.07, 6.45) is 2.70. The second-order valence-electron chi connectivity index (χ2n) is 8.66. The fourth-order valence-electron chi connectivity index (χ4n) is 3.76. The molecule has 8 heteroatoms. The van der Waals surface area contributed by atoms with Crippen molar-refractivity contribution >= 4 is 82.1 Å². The predicted octanol–water partition coefficient (Wildman–Crippen LogP) is 5.43. The van der Waals surface area contributed by atoms with E-state index in [1.54, 1.807) is 0 Å². The number of hydrogen-bond acceptors (Lipinski definition) is 5. The van der Waals surface area contributed by atoms with E-state index in [2.05, 4.69) is 52.8 Å². The SMILES string of the molecule is CC(=O)O.O=C1N=C(Nc2cc[c]([Na])cc2)SC1=Cc1cc2ccccc2cc1OCCc1ccccc1. The standard InChI is InChI=1S/C28H21N2O2S.C2H4O2.Na/c31-27-26(33-28(30-27)29-24-13-5-2-6-14-24)19-23-17-21-11-7-8-12-22(21)18-25(23)32-16-15-20-9-3-1-4-10-20;1-2(3)4;/h1,3-14,17-19H,15-16H2,(H,29,30,31);1H3,(H,3,4);. The van der Waals surface area contributed by atoms with Crippen LogP contribution in [0.5, 0.6) is 5.75 Å². The van der Waals surface area contributed by atoms with Crippen LogP contribution in [0.25, 0.3) is 16.8 Å². The Hall–Kier alpha value is -3.36. The Balaban J connectivity index is 0.000000786. The van der Waals surface area contributed by atoms with Gasteiger partial charge in [0.1, 0.15) is 0 Å². The fraction of sp³-hybridized carbons (Fsp3) is 0.100. The third-order valence-electron chi connectivity index (χ3n) is 5.58.